The van der Waals surface area contributed by atoms with Crippen molar-refractivity contribution in [1.82, 2.24) is 15.2 Å². The van der Waals surface area contributed by atoms with Crippen molar-refractivity contribution in [3.63, 3.8) is 0 Å². The number of Topliss-reactive ketones (excluding diaryl/α,β-unsaturated/α-hetero) is 1. The lowest BCUT2D eigenvalue weighted by atomic mass is 9.91. The SMILES string of the molecule is CC(C)(C)C(=O)C=c1s/c(=C\c2ccc(Br)cc2)c(=O)n1CC(=O)NC(=O)NC1CCCCC1. The molecule has 2 aromatic rings. The molecule has 182 valence electrons. The largest absolute Gasteiger partial charge is 0.335 e. The van der Waals surface area contributed by atoms with Crippen LogP contribution in [0.5, 0.6) is 0 Å². The van der Waals surface area contributed by atoms with E-state index in [9.17, 15) is 19.2 Å². The van der Waals surface area contributed by atoms with Gasteiger partial charge in [-0.15, -0.1) is 11.3 Å². The summed E-state index contributed by atoms with van der Waals surface area (Å²) in [6.45, 7) is 5.02. The molecule has 3 amide bonds. The highest BCUT2D eigenvalue weighted by Crippen LogP contribution is 2.17. The molecule has 9 heteroatoms. The van der Waals surface area contributed by atoms with Gasteiger partial charge >= 0.3 is 6.03 Å². The minimum absolute atomic E-state index is 0.0610. The van der Waals surface area contributed by atoms with Crippen LogP contribution in [0.3, 0.4) is 0 Å². The van der Waals surface area contributed by atoms with Gasteiger partial charge in [0.15, 0.2) is 5.78 Å². The monoisotopic (exact) mass is 547 g/mol. The van der Waals surface area contributed by atoms with E-state index in [2.05, 4.69) is 26.6 Å². The maximum absolute atomic E-state index is 13.2. The van der Waals surface area contributed by atoms with Crippen LogP contribution in [0.1, 0.15) is 58.4 Å². The normalized spacial score (nSPS) is 15.9. The first-order chi connectivity index (χ1) is 16.0. The van der Waals surface area contributed by atoms with E-state index in [-0.39, 0.29) is 23.9 Å². The number of carbonyl (C=O) groups is 3. The molecule has 7 nitrogen and oxygen atoms in total. The third-order valence-corrected chi connectivity index (χ3v) is 7.18. The molecule has 0 spiro atoms. The number of imide groups is 1. The number of benzene rings is 1. The molecule has 1 fully saturated rings. The number of hydrogen-bond acceptors (Lipinski definition) is 5. The first-order valence-corrected chi connectivity index (χ1v) is 13.0. The number of urea groups is 1. The van der Waals surface area contributed by atoms with E-state index in [1.807, 2.05) is 24.3 Å². The molecule has 1 aromatic heterocycles. The Labute approximate surface area is 211 Å². The topological polar surface area (TPSA) is 97.3 Å². The first-order valence-electron chi connectivity index (χ1n) is 11.4. The number of hydrogen-bond donors (Lipinski definition) is 2. The summed E-state index contributed by atoms with van der Waals surface area (Å²) in [7, 11) is 0. The molecule has 0 saturated heterocycles. The molecule has 0 radical (unpaired) electrons. The predicted molar refractivity (Wildman–Crippen MR) is 138 cm³/mol. The number of thiazole rings is 1. The van der Waals surface area contributed by atoms with Crippen molar-refractivity contribution in [2.24, 2.45) is 5.41 Å². The minimum atomic E-state index is -0.636. The second-order valence-electron chi connectivity index (χ2n) is 9.51. The molecular formula is C25H30BrN3O4S. The number of halogens is 1. The summed E-state index contributed by atoms with van der Waals surface area (Å²) in [6, 6.07) is 6.96. The van der Waals surface area contributed by atoms with E-state index in [1.165, 1.54) is 10.6 Å². The average Bonchev–Trinajstić information content (AvgIpc) is 3.04. The van der Waals surface area contributed by atoms with Crippen LogP contribution in [-0.4, -0.2) is 28.3 Å². The molecule has 1 aliphatic carbocycles. The van der Waals surface area contributed by atoms with Gasteiger partial charge in [0.25, 0.3) is 5.56 Å². The van der Waals surface area contributed by atoms with Crippen LogP contribution >= 0.6 is 27.3 Å². The number of nitrogens with one attached hydrogen (secondary N) is 2. The van der Waals surface area contributed by atoms with Crippen LogP contribution in [0.4, 0.5) is 4.79 Å². The van der Waals surface area contributed by atoms with Crippen molar-refractivity contribution in [3.05, 3.63) is 53.9 Å². The van der Waals surface area contributed by atoms with Gasteiger partial charge in [-0.1, -0.05) is 68.1 Å². The second-order valence-corrected chi connectivity index (χ2v) is 11.5. The number of ketones is 1. The lowest BCUT2D eigenvalue weighted by Crippen LogP contribution is -2.47. The molecule has 0 atom stereocenters. The van der Waals surface area contributed by atoms with Crippen molar-refractivity contribution < 1.29 is 14.4 Å². The third kappa shape index (κ3) is 7.24. The molecule has 1 aliphatic rings. The Hall–Kier alpha value is -2.52. The summed E-state index contributed by atoms with van der Waals surface area (Å²) < 4.78 is 2.94. The lowest BCUT2D eigenvalue weighted by Gasteiger charge is -2.22. The Morgan fingerprint density at radius 1 is 1.12 bits per heavy atom. The number of rotatable bonds is 5. The summed E-state index contributed by atoms with van der Waals surface area (Å²) in [6.07, 6.45) is 8.20. The van der Waals surface area contributed by atoms with Crippen LogP contribution < -0.4 is 25.4 Å². The smallest absolute Gasteiger partial charge is 0.321 e. The summed E-state index contributed by atoms with van der Waals surface area (Å²) in [5.41, 5.74) is -0.204. The van der Waals surface area contributed by atoms with E-state index >= 15 is 0 Å². The zero-order valence-corrected chi connectivity index (χ0v) is 22.1. The standard InChI is InChI=1S/C25H30BrN3O4S/c1-25(2,3)20(30)14-22-29(15-21(31)28-24(33)27-18-7-5-4-6-8-18)23(32)19(34-22)13-16-9-11-17(26)12-10-16/h9-14,18H,4-8,15H2,1-3H3,(H2,27,28,31,33)/b19-13-,22-14?. The number of amides is 3. The number of aromatic nitrogens is 1. The van der Waals surface area contributed by atoms with Crippen LogP contribution in [-0.2, 0) is 16.1 Å². The van der Waals surface area contributed by atoms with Gasteiger partial charge < -0.3 is 5.32 Å². The van der Waals surface area contributed by atoms with Crippen LogP contribution in [0.2, 0.25) is 0 Å². The van der Waals surface area contributed by atoms with Gasteiger partial charge in [-0.25, -0.2) is 4.79 Å². The van der Waals surface area contributed by atoms with Crippen LogP contribution in [0, 0.1) is 5.41 Å². The highest BCUT2D eigenvalue weighted by molar-refractivity contribution is 9.10. The van der Waals surface area contributed by atoms with E-state index in [0.29, 0.717) is 9.20 Å². The predicted octanol–water partition coefficient (Wildman–Crippen LogP) is 3.06. The highest BCUT2D eigenvalue weighted by Gasteiger charge is 2.21. The van der Waals surface area contributed by atoms with Gasteiger partial charge in [0.05, 0.1) is 4.53 Å². The molecule has 34 heavy (non-hydrogen) atoms. The zero-order valence-electron chi connectivity index (χ0n) is 19.7. The molecule has 0 aliphatic heterocycles. The molecule has 2 N–H and O–H groups in total. The third-order valence-electron chi connectivity index (χ3n) is 5.59. The fourth-order valence-electron chi connectivity index (χ4n) is 3.61. The van der Waals surface area contributed by atoms with Crippen molar-refractivity contribution in [2.45, 2.75) is 65.5 Å². The van der Waals surface area contributed by atoms with Gasteiger partial charge in [-0.2, -0.15) is 0 Å². The Kier molecular flexibility index (Phi) is 8.65. The van der Waals surface area contributed by atoms with Crippen molar-refractivity contribution >= 4 is 57.1 Å². The Balaban J connectivity index is 1.88. The quantitative estimate of drug-likeness (QED) is 0.601. The van der Waals surface area contributed by atoms with Gasteiger partial charge in [0.2, 0.25) is 5.91 Å². The van der Waals surface area contributed by atoms with Crippen LogP contribution in [0.25, 0.3) is 12.2 Å². The number of nitrogens with zero attached hydrogens (tertiary/aromatic N) is 1. The van der Waals surface area contributed by atoms with Crippen LogP contribution in [0.15, 0.2) is 33.5 Å². The van der Waals surface area contributed by atoms with Gasteiger partial charge in [0.1, 0.15) is 11.2 Å². The van der Waals surface area contributed by atoms with E-state index in [4.69, 9.17) is 0 Å². The van der Waals surface area contributed by atoms with Crippen molar-refractivity contribution in [2.75, 3.05) is 0 Å². The minimum Gasteiger partial charge on any atom is -0.335 e. The maximum Gasteiger partial charge on any atom is 0.321 e. The molecule has 3 rings (SSSR count). The van der Waals surface area contributed by atoms with Gasteiger partial charge in [-0.3, -0.25) is 24.3 Å². The van der Waals surface area contributed by atoms with E-state index < -0.39 is 17.4 Å². The van der Waals surface area contributed by atoms with Gasteiger partial charge in [-0.05, 0) is 36.6 Å². The molecule has 0 bridgehead atoms. The highest BCUT2D eigenvalue weighted by atomic mass is 79.9. The van der Waals surface area contributed by atoms with Gasteiger partial charge in [0, 0.05) is 22.0 Å². The summed E-state index contributed by atoms with van der Waals surface area (Å²) in [5, 5.41) is 5.15. The Morgan fingerprint density at radius 3 is 2.38 bits per heavy atom. The van der Waals surface area contributed by atoms with Crippen molar-refractivity contribution in [3.8, 4) is 0 Å². The summed E-state index contributed by atoms with van der Waals surface area (Å²) in [5.74, 6) is -0.769. The molecule has 0 unspecified atom stereocenters. The summed E-state index contributed by atoms with van der Waals surface area (Å²) >= 11 is 4.53. The fraction of sp³-hybridized carbons (Fsp3) is 0.440. The van der Waals surface area contributed by atoms with E-state index in [1.54, 1.807) is 26.8 Å². The Morgan fingerprint density at radius 2 is 1.76 bits per heavy atom. The lowest BCUT2D eigenvalue weighted by molar-refractivity contribution is -0.121. The maximum atomic E-state index is 13.2. The Bertz CT molecular complexity index is 1230. The zero-order chi connectivity index (χ0) is 24.9. The average molecular weight is 549 g/mol. The summed E-state index contributed by atoms with van der Waals surface area (Å²) in [4.78, 5) is 50.7. The number of carbonyl (C=O) groups excluding carboxylic acids is 3. The first kappa shape index (κ1) is 26.1. The second kappa shape index (κ2) is 11.3. The molecule has 1 saturated carbocycles. The fourth-order valence-corrected chi connectivity index (χ4v) is 4.92. The van der Waals surface area contributed by atoms with E-state index in [0.717, 1.165) is 53.5 Å². The molecule has 1 heterocycles. The van der Waals surface area contributed by atoms with Crippen molar-refractivity contribution in [1.29, 1.82) is 0 Å². The molecule has 1 aromatic carbocycles. The molecular weight excluding hydrogens is 518 g/mol.